The maximum atomic E-state index is 12.5. The zero-order valence-electron chi connectivity index (χ0n) is 17.2. The lowest BCUT2D eigenvalue weighted by atomic mass is 10.0. The molecule has 1 N–H and O–H groups in total. The number of carbonyl (C=O) groups is 1. The highest BCUT2D eigenvalue weighted by Crippen LogP contribution is 2.25. The molecule has 5 heteroatoms. The van der Waals surface area contributed by atoms with Gasteiger partial charge in [-0.15, -0.1) is 0 Å². The van der Waals surface area contributed by atoms with Crippen molar-refractivity contribution in [3.63, 3.8) is 0 Å². The van der Waals surface area contributed by atoms with Gasteiger partial charge in [0.05, 0.1) is 6.54 Å². The first-order chi connectivity index (χ1) is 14.5. The minimum Gasteiger partial charge on any atom is -0.491 e. The Morgan fingerprint density at radius 3 is 2.53 bits per heavy atom. The molecule has 0 heterocycles. The van der Waals surface area contributed by atoms with Crippen LogP contribution in [0, 0.1) is 0 Å². The molecule has 0 aliphatic rings. The average Bonchev–Trinajstić information content (AvgIpc) is 2.76. The SMILES string of the molecule is CC(C)c1ccccc1OCCNC(=O)c1cccc(OCc2ccccc2Cl)c1. The van der Waals surface area contributed by atoms with Gasteiger partial charge in [-0.05, 0) is 41.8 Å². The van der Waals surface area contributed by atoms with Crippen molar-refractivity contribution in [3.8, 4) is 11.5 Å². The lowest BCUT2D eigenvalue weighted by molar-refractivity contribution is 0.0946. The number of rotatable bonds is 9. The molecule has 3 rings (SSSR count). The van der Waals surface area contributed by atoms with Gasteiger partial charge < -0.3 is 14.8 Å². The van der Waals surface area contributed by atoms with Gasteiger partial charge in [0, 0.05) is 16.1 Å². The number of carbonyl (C=O) groups excluding carboxylic acids is 1. The van der Waals surface area contributed by atoms with Crippen LogP contribution >= 0.6 is 11.6 Å². The molecule has 4 nitrogen and oxygen atoms in total. The molecule has 0 saturated heterocycles. The van der Waals surface area contributed by atoms with Crippen molar-refractivity contribution in [1.29, 1.82) is 0 Å². The van der Waals surface area contributed by atoms with E-state index in [1.165, 1.54) is 0 Å². The standard InChI is InChI=1S/C25H26ClNO3/c1-18(2)22-11-4-6-13-24(22)29-15-14-27-25(28)19-9-7-10-21(16-19)30-17-20-8-3-5-12-23(20)26/h3-13,16,18H,14-15,17H2,1-2H3,(H,27,28). The minimum atomic E-state index is -0.168. The molecule has 0 bridgehead atoms. The average molecular weight is 424 g/mol. The van der Waals surface area contributed by atoms with Crippen LogP contribution in [0.2, 0.25) is 5.02 Å². The van der Waals surface area contributed by atoms with Gasteiger partial charge in [-0.2, -0.15) is 0 Å². The van der Waals surface area contributed by atoms with Gasteiger partial charge in [-0.1, -0.05) is 67.9 Å². The molecule has 0 aliphatic carbocycles. The molecule has 0 spiro atoms. The number of hydrogen-bond donors (Lipinski definition) is 1. The second-order valence-corrected chi connectivity index (χ2v) is 7.61. The molecule has 0 radical (unpaired) electrons. The first kappa shape index (κ1) is 21.7. The Morgan fingerprint density at radius 1 is 0.967 bits per heavy atom. The summed E-state index contributed by atoms with van der Waals surface area (Å²) in [5.74, 6) is 1.68. The second kappa shape index (κ2) is 10.7. The van der Waals surface area contributed by atoms with Gasteiger partial charge in [-0.3, -0.25) is 4.79 Å². The van der Waals surface area contributed by atoms with Crippen LogP contribution in [-0.2, 0) is 6.61 Å². The van der Waals surface area contributed by atoms with Gasteiger partial charge in [0.1, 0.15) is 24.7 Å². The number of para-hydroxylation sites is 1. The fourth-order valence-electron chi connectivity index (χ4n) is 3.02. The third-order valence-electron chi connectivity index (χ3n) is 4.63. The van der Waals surface area contributed by atoms with E-state index < -0.39 is 0 Å². The van der Waals surface area contributed by atoms with Crippen molar-refractivity contribution >= 4 is 17.5 Å². The molecule has 3 aromatic carbocycles. The van der Waals surface area contributed by atoms with Crippen molar-refractivity contribution in [2.45, 2.75) is 26.4 Å². The Balaban J connectivity index is 1.50. The smallest absolute Gasteiger partial charge is 0.251 e. The number of ether oxygens (including phenoxy) is 2. The Labute approximate surface area is 182 Å². The molecule has 30 heavy (non-hydrogen) atoms. The Morgan fingerprint density at radius 2 is 1.73 bits per heavy atom. The predicted molar refractivity (Wildman–Crippen MR) is 121 cm³/mol. The van der Waals surface area contributed by atoms with Crippen LogP contribution < -0.4 is 14.8 Å². The number of benzene rings is 3. The van der Waals surface area contributed by atoms with E-state index >= 15 is 0 Å². The Hall–Kier alpha value is -2.98. The second-order valence-electron chi connectivity index (χ2n) is 7.20. The molecular weight excluding hydrogens is 398 g/mol. The molecule has 0 aromatic heterocycles. The molecule has 156 valence electrons. The van der Waals surface area contributed by atoms with E-state index in [0.717, 1.165) is 16.9 Å². The first-order valence-electron chi connectivity index (χ1n) is 10.0. The van der Waals surface area contributed by atoms with E-state index in [-0.39, 0.29) is 5.91 Å². The molecule has 1 amide bonds. The molecule has 0 unspecified atom stereocenters. The normalized spacial score (nSPS) is 10.7. The van der Waals surface area contributed by atoms with E-state index in [2.05, 4.69) is 25.2 Å². The lowest BCUT2D eigenvalue weighted by Gasteiger charge is -2.14. The zero-order valence-corrected chi connectivity index (χ0v) is 18.0. The lowest BCUT2D eigenvalue weighted by Crippen LogP contribution is -2.28. The molecule has 0 fully saturated rings. The molecular formula is C25H26ClNO3. The van der Waals surface area contributed by atoms with Gasteiger partial charge in [0.25, 0.3) is 5.91 Å². The third kappa shape index (κ3) is 6.01. The van der Waals surface area contributed by atoms with Gasteiger partial charge >= 0.3 is 0 Å². The minimum absolute atomic E-state index is 0.168. The summed E-state index contributed by atoms with van der Waals surface area (Å²) < 4.78 is 11.6. The summed E-state index contributed by atoms with van der Waals surface area (Å²) in [6.45, 7) is 5.41. The number of amides is 1. The summed E-state index contributed by atoms with van der Waals surface area (Å²) in [6.07, 6.45) is 0. The quantitative estimate of drug-likeness (QED) is 0.439. The maximum Gasteiger partial charge on any atom is 0.251 e. The predicted octanol–water partition coefficient (Wildman–Crippen LogP) is 5.85. The van der Waals surface area contributed by atoms with E-state index in [1.807, 2.05) is 48.5 Å². The van der Waals surface area contributed by atoms with Crippen molar-refractivity contribution in [2.24, 2.45) is 0 Å². The van der Waals surface area contributed by atoms with E-state index in [4.69, 9.17) is 21.1 Å². The van der Waals surface area contributed by atoms with Crippen molar-refractivity contribution in [1.82, 2.24) is 5.32 Å². The van der Waals surface area contributed by atoms with Crippen molar-refractivity contribution in [2.75, 3.05) is 13.2 Å². The first-order valence-corrected chi connectivity index (χ1v) is 10.4. The van der Waals surface area contributed by atoms with Crippen LogP contribution in [0.15, 0.2) is 72.8 Å². The molecule has 0 aliphatic heterocycles. The Kier molecular flexibility index (Phi) is 7.75. The van der Waals surface area contributed by atoms with Crippen molar-refractivity contribution < 1.29 is 14.3 Å². The van der Waals surface area contributed by atoms with Gasteiger partial charge in [0.2, 0.25) is 0 Å². The number of nitrogens with one attached hydrogen (secondary N) is 1. The van der Waals surface area contributed by atoms with E-state index in [1.54, 1.807) is 18.2 Å². The van der Waals surface area contributed by atoms with Gasteiger partial charge in [0.15, 0.2) is 0 Å². The summed E-state index contributed by atoms with van der Waals surface area (Å²) in [7, 11) is 0. The van der Waals surface area contributed by atoms with Gasteiger partial charge in [-0.25, -0.2) is 0 Å². The largest absolute Gasteiger partial charge is 0.491 e. The highest BCUT2D eigenvalue weighted by atomic mass is 35.5. The van der Waals surface area contributed by atoms with Crippen LogP contribution in [0.1, 0.15) is 41.3 Å². The zero-order chi connectivity index (χ0) is 21.3. The summed E-state index contributed by atoms with van der Waals surface area (Å²) >= 11 is 6.16. The fourth-order valence-corrected chi connectivity index (χ4v) is 3.21. The summed E-state index contributed by atoms with van der Waals surface area (Å²) in [5, 5.41) is 3.55. The summed E-state index contributed by atoms with van der Waals surface area (Å²) in [6, 6.07) is 22.6. The highest BCUT2D eigenvalue weighted by Gasteiger charge is 2.09. The molecule has 0 atom stereocenters. The van der Waals surface area contributed by atoms with E-state index in [9.17, 15) is 4.79 Å². The summed E-state index contributed by atoms with van der Waals surface area (Å²) in [4.78, 5) is 12.5. The third-order valence-corrected chi connectivity index (χ3v) is 5.00. The summed E-state index contributed by atoms with van der Waals surface area (Å²) in [5.41, 5.74) is 2.59. The van der Waals surface area contributed by atoms with Crippen LogP contribution in [0.4, 0.5) is 0 Å². The highest BCUT2D eigenvalue weighted by molar-refractivity contribution is 6.31. The van der Waals surface area contributed by atoms with Crippen molar-refractivity contribution in [3.05, 3.63) is 94.5 Å². The number of hydrogen-bond acceptors (Lipinski definition) is 3. The van der Waals surface area contributed by atoms with E-state index in [0.29, 0.717) is 42.0 Å². The molecule has 3 aromatic rings. The maximum absolute atomic E-state index is 12.5. The number of halogens is 1. The monoisotopic (exact) mass is 423 g/mol. The topological polar surface area (TPSA) is 47.6 Å². The van der Waals surface area contributed by atoms with Crippen LogP contribution in [0.25, 0.3) is 0 Å². The Bertz CT molecular complexity index is 987. The van der Waals surface area contributed by atoms with Crippen LogP contribution in [0.5, 0.6) is 11.5 Å². The fraction of sp³-hybridized carbons (Fsp3) is 0.240. The van der Waals surface area contributed by atoms with Crippen LogP contribution in [-0.4, -0.2) is 19.1 Å². The molecule has 0 saturated carbocycles. The van der Waals surface area contributed by atoms with Crippen LogP contribution in [0.3, 0.4) is 0 Å².